The summed E-state index contributed by atoms with van der Waals surface area (Å²) >= 11 is 0. The minimum Gasteiger partial charge on any atom is -0.455 e. The molecule has 2 fully saturated rings. The second-order valence-corrected chi connectivity index (χ2v) is 13.6. The molecule has 5 rings (SSSR count). The van der Waals surface area contributed by atoms with E-state index in [0.29, 0.717) is 38.7 Å². The molecule has 0 aliphatic carbocycles. The summed E-state index contributed by atoms with van der Waals surface area (Å²) in [6, 6.07) is 17.7. The normalized spacial score (nSPS) is 22.6. The van der Waals surface area contributed by atoms with Gasteiger partial charge in [0.1, 0.15) is 12.1 Å². The average Bonchev–Trinajstić information content (AvgIpc) is 3.50. The van der Waals surface area contributed by atoms with Crippen LogP contribution in [0.2, 0.25) is 0 Å². The highest BCUT2D eigenvalue weighted by Gasteiger charge is 2.41. The molecule has 3 heterocycles. The summed E-state index contributed by atoms with van der Waals surface area (Å²) in [5.74, 6) is -0.181. The van der Waals surface area contributed by atoms with Crippen LogP contribution >= 0.6 is 0 Å². The molecule has 0 spiro atoms. The zero-order valence-electron chi connectivity index (χ0n) is 28.6. The van der Waals surface area contributed by atoms with E-state index in [1.807, 2.05) is 47.4 Å². The number of carbonyl (C=O) groups excluding carboxylic acids is 2. The Morgan fingerprint density at radius 3 is 2.38 bits per heavy atom. The van der Waals surface area contributed by atoms with Crippen molar-refractivity contribution in [2.75, 3.05) is 39.3 Å². The van der Waals surface area contributed by atoms with E-state index in [2.05, 4.69) is 48.4 Å². The smallest absolute Gasteiger partial charge is 0.288 e. The molecule has 2 saturated heterocycles. The maximum absolute atomic E-state index is 14.3. The first-order valence-electron chi connectivity index (χ1n) is 17.7. The SMILES string of the molecule is CC(C)N[C@H](CCCCN1CCCCC1)C(=O)N1CCN(C2=N[C@@H](C)[C@H](c3ccccc3)O2)C[C@H]1C(=O)NCc1ccc(CN)cc1. The number of hydrogen-bond donors (Lipinski definition) is 3. The molecule has 0 radical (unpaired) electrons. The number of carbonyl (C=O) groups is 2. The zero-order valence-corrected chi connectivity index (χ0v) is 28.6. The molecule has 0 bridgehead atoms. The molecule has 0 aromatic heterocycles. The van der Waals surface area contributed by atoms with Gasteiger partial charge in [0.25, 0.3) is 6.02 Å². The number of piperidine rings is 1. The number of unbranched alkanes of at least 4 members (excludes halogenated alkanes) is 1. The molecular formula is C37H55N7O3. The zero-order chi connectivity index (χ0) is 33.2. The quantitative estimate of drug-likeness (QED) is 0.284. The fraction of sp³-hybridized carbons (Fsp3) is 0.595. The lowest BCUT2D eigenvalue weighted by Crippen LogP contribution is -2.64. The predicted octanol–water partition coefficient (Wildman–Crippen LogP) is 3.81. The first-order chi connectivity index (χ1) is 22.8. The highest BCUT2D eigenvalue weighted by Crippen LogP contribution is 2.30. The number of ether oxygens (including phenoxy) is 1. The Morgan fingerprint density at radius 2 is 1.68 bits per heavy atom. The van der Waals surface area contributed by atoms with Crippen LogP contribution in [0.4, 0.5) is 0 Å². The number of amides is 2. The van der Waals surface area contributed by atoms with Gasteiger partial charge in [-0.2, -0.15) is 0 Å². The Kier molecular flexibility index (Phi) is 12.7. The van der Waals surface area contributed by atoms with Crippen LogP contribution < -0.4 is 16.4 Å². The van der Waals surface area contributed by atoms with Crippen LogP contribution in [0.5, 0.6) is 0 Å². The van der Waals surface area contributed by atoms with E-state index >= 15 is 0 Å². The minimum absolute atomic E-state index is 0.00594. The summed E-state index contributed by atoms with van der Waals surface area (Å²) in [6.07, 6.45) is 6.51. The third-order valence-electron chi connectivity index (χ3n) is 9.57. The lowest BCUT2D eigenvalue weighted by atomic mass is 10.0. The molecule has 3 aliphatic heterocycles. The van der Waals surface area contributed by atoms with E-state index in [9.17, 15) is 9.59 Å². The van der Waals surface area contributed by atoms with Gasteiger partial charge in [-0.1, -0.05) is 81.3 Å². The van der Waals surface area contributed by atoms with Crippen molar-refractivity contribution in [1.82, 2.24) is 25.3 Å². The predicted molar refractivity (Wildman–Crippen MR) is 187 cm³/mol. The van der Waals surface area contributed by atoms with Gasteiger partial charge in [0, 0.05) is 32.2 Å². The molecule has 256 valence electrons. The summed E-state index contributed by atoms with van der Waals surface area (Å²) in [4.78, 5) is 39.5. The summed E-state index contributed by atoms with van der Waals surface area (Å²) in [7, 11) is 0. The Bertz CT molecular complexity index is 1310. The van der Waals surface area contributed by atoms with Crippen molar-refractivity contribution in [1.29, 1.82) is 0 Å². The van der Waals surface area contributed by atoms with Crippen molar-refractivity contribution in [3.05, 3.63) is 71.3 Å². The molecule has 3 aliphatic rings. The standard InChI is InChI=1S/C37H55N7O3/c1-27(2)40-32(14-8-11-21-42-19-9-5-10-20-42)36(46)44-23-22-43(37-41-28(3)34(47-37)31-12-6-4-7-13-31)26-33(44)35(45)39-25-30-17-15-29(24-38)16-18-30/h4,6-7,12-13,15-18,27-28,32-34,40H,5,8-11,14,19-26,38H2,1-3H3,(H,39,45)/t28-,32+,33-,34+/m0/s1. The fourth-order valence-electron chi connectivity index (χ4n) is 6.92. The Labute approximate surface area is 281 Å². The molecule has 47 heavy (non-hydrogen) atoms. The molecular weight excluding hydrogens is 590 g/mol. The van der Waals surface area contributed by atoms with Crippen LogP contribution in [-0.2, 0) is 27.4 Å². The van der Waals surface area contributed by atoms with E-state index in [0.717, 1.165) is 42.5 Å². The van der Waals surface area contributed by atoms with Gasteiger partial charge in [-0.15, -0.1) is 0 Å². The van der Waals surface area contributed by atoms with Crippen LogP contribution in [0, 0.1) is 0 Å². The van der Waals surface area contributed by atoms with Gasteiger partial charge in [-0.3, -0.25) is 9.59 Å². The average molecular weight is 646 g/mol. The van der Waals surface area contributed by atoms with Gasteiger partial charge in [-0.05, 0) is 68.9 Å². The Hall–Kier alpha value is -3.47. The number of aliphatic imine (C=N–C) groups is 1. The maximum atomic E-state index is 14.3. The third kappa shape index (κ3) is 9.55. The second-order valence-electron chi connectivity index (χ2n) is 13.6. The number of nitrogens with one attached hydrogen (secondary N) is 2. The van der Waals surface area contributed by atoms with E-state index in [1.165, 1.54) is 32.4 Å². The first-order valence-corrected chi connectivity index (χ1v) is 17.7. The number of amidine groups is 1. The number of benzene rings is 2. The van der Waals surface area contributed by atoms with E-state index in [1.54, 1.807) is 4.90 Å². The maximum Gasteiger partial charge on any atom is 0.288 e. The molecule has 2 amide bonds. The Balaban J connectivity index is 1.28. The van der Waals surface area contributed by atoms with Gasteiger partial charge < -0.3 is 35.8 Å². The number of nitrogens with zero attached hydrogens (tertiary/aromatic N) is 4. The van der Waals surface area contributed by atoms with Crippen molar-refractivity contribution in [2.24, 2.45) is 10.7 Å². The minimum atomic E-state index is -0.679. The first kappa shape index (κ1) is 34.9. The van der Waals surface area contributed by atoms with Crippen molar-refractivity contribution in [3.8, 4) is 0 Å². The fourth-order valence-corrected chi connectivity index (χ4v) is 6.92. The molecule has 0 saturated carbocycles. The van der Waals surface area contributed by atoms with Gasteiger partial charge >= 0.3 is 0 Å². The molecule has 0 unspecified atom stereocenters. The molecule has 2 aromatic rings. The molecule has 10 heteroatoms. The second kappa shape index (κ2) is 17.1. The third-order valence-corrected chi connectivity index (χ3v) is 9.57. The largest absolute Gasteiger partial charge is 0.455 e. The Morgan fingerprint density at radius 1 is 0.957 bits per heavy atom. The van der Waals surface area contributed by atoms with Gasteiger partial charge in [-0.25, -0.2) is 4.99 Å². The van der Waals surface area contributed by atoms with E-state index in [4.69, 9.17) is 15.5 Å². The molecule has 4 N–H and O–H groups in total. The summed E-state index contributed by atoms with van der Waals surface area (Å²) in [6.45, 7) is 11.8. The molecule has 10 nitrogen and oxygen atoms in total. The van der Waals surface area contributed by atoms with Crippen LogP contribution in [0.1, 0.15) is 82.1 Å². The number of piperazine rings is 1. The van der Waals surface area contributed by atoms with E-state index in [-0.39, 0.29) is 36.0 Å². The van der Waals surface area contributed by atoms with Crippen LogP contribution in [-0.4, -0.2) is 96.0 Å². The van der Waals surface area contributed by atoms with Crippen LogP contribution in [0.15, 0.2) is 59.6 Å². The van der Waals surface area contributed by atoms with Crippen molar-refractivity contribution < 1.29 is 14.3 Å². The lowest BCUT2D eigenvalue weighted by Gasteiger charge is -2.42. The molecule has 4 atom stereocenters. The van der Waals surface area contributed by atoms with Gasteiger partial charge in [0.05, 0.1) is 18.6 Å². The topological polar surface area (TPSA) is 116 Å². The lowest BCUT2D eigenvalue weighted by molar-refractivity contribution is -0.145. The van der Waals surface area contributed by atoms with Gasteiger partial charge in [0.15, 0.2) is 0 Å². The number of likely N-dealkylation sites (tertiary alicyclic amines) is 1. The van der Waals surface area contributed by atoms with Crippen LogP contribution in [0.3, 0.4) is 0 Å². The van der Waals surface area contributed by atoms with Crippen molar-refractivity contribution in [3.63, 3.8) is 0 Å². The number of nitrogens with two attached hydrogens (primary N) is 1. The van der Waals surface area contributed by atoms with Gasteiger partial charge in [0.2, 0.25) is 11.8 Å². The van der Waals surface area contributed by atoms with Crippen LogP contribution in [0.25, 0.3) is 0 Å². The van der Waals surface area contributed by atoms with Crippen molar-refractivity contribution in [2.45, 2.75) is 103 Å². The summed E-state index contributed by atoms with van der Waals surface area (Å²) < 4.78 is 6.40. The summed E-state index contributed by atoms with van der Waals surface area (Å²) in [5, 5.41) is 6.65. The van der Waals surface area contributed by atoms with Crippen molar-refractivity contribution >= 4 is 17.8 Å². The highest BCUT2D eigenvalue weighted by molar-refractivity contribution is 5.91. The molecule has 2 aromatic carbocycles. The highest BCUT2D eigenvalue weighted by atomic mass is 16.5. The summed E-state index contributed by atoms with van der Waals surface area (Å²) in [5.41, 5.74) is 8.87. The monoisotopic (exact) mass is 645 g/mol. The van der Waals surface area contributed by atoms with E-state index < -0.39 is 6.04 Å². The number of rotatable bonds is 13. The number of hydrogen-bond acceptors (Lipinski definition) is 8.